The van der Waals surface area contributed by atoms with E-state index in [0.717, 1.165) is 0 Å². The molecule has 1 atom stereocenters. The first kappa shape index (κ1) is 14.4. The molecule has 4 N–H and O–H groups in total. The van der Waals surface area contributed by atoms with Crippen molar-refractivity contribution < 1.29 is 29.7 Å². The van der Waals surface area contributed by atoms with E-state index in [2.05, 4.69) is 10.3 Å². The Balaban J connectivity index is 2.74. The molecule has 0 saturated carbocycles. The van der Waals surface area contributed by atoms with Gasteiger partial charge in [-0.2, -0.15) is 0 Å². The molecule has 8 nitrogen and oxygen atoms in total. The fourth-order valence-corrected chi connectivity index (χ4v) is 1.32. The lowest BCUT2D eigenvalue weighted by molar-refractivity contribution is -0.140. The number of nitrogens with zero attached hydrogens (tertiary/aromatic N) is 1. The number of carboxylic acid groups (broad SMARTS) is 2. The Labute approximate surface area is 107 Å². The summed E-state index contributed by atoms with van der Waals surface area (Å²) in [5.74, 6) is -3.79. The van der Waals surface area contributed by atoms with E-state index in [9.17, 15) is 19.5 Å². The first-order valence-electron chi connectivity index (χ1n) is 5.31. The normalized spacial score (nSPS) is 11.6. The Morgan fingerprint density at radius 1 is 1.32 bits per heavy atom. The zero-order valence-corrected chi connectivity index (χ0v) is 9.74. The summed E-state index contributed by atoms with van der Waals surface area (Å²) in [6.07, 6.45) is 0.608. The average Bonchev–Trinajstić information content (AvgIpc) is 2.34. The third-order valence-corrected chi connectivity index (χ3v) is 2.25. The van der Waals surface area contributed by atoms with E-state index >= 15 is 0 Å². The van der Waals surface area contributed by atoms with Gasteiger partial charge in [0, 0.05) is 12.6 Å². The molecule has 0 fully saturated rings. The van der Waals surface area contributed by atoms with Gasteiger partial charge >= 0.3 is 11.9 Å². The van der Waals surface area contributed by atoms with Crippen molar-refractivity contribution in [2.75, 3.05) is 0 Å². The first-order valence-corrected chi connectivity index (χ1v) is 5.31. The second-order valence-electron chi connectivity index (χ2n) is 3.67. The molecule has 102 valence electrons. The molecule has 1 heterocycles. The van der Waals surface area contributed by atoms with Crippen molar-refractivity contribution in [1.82, 2.24) is 10.3 Å². The number of hydrogen-bond acceptors (Lipinski definition) is 5. The Kier molecular flexibility index (Phi) is 4.81. The lowest BCUT2D eigenvalue weighted by atomic mass is 10.1. The van der Waals surface area contributed by atoms with Crippen LogP contribution >= 0.6 is 0 Å². The van der Waals surface area contributed by atoms with E-state index in [1.54, 1.807) is 0 Å². The number of carbonyl (C=O) groups excluding carboxylic acids is 1. The highest BCUT2D eigenvalue weighted by molar-refractivity contribution is 5.97. The van der Waals surface area contributed by atoms with Crippen LogP contribution in [0.5, 0.6) is 5.75 Å². The molecular weight excluding hydrogens is 256 g/mol. The predicted molar refractivity (Wildman–Crippen MR) is 61.7 cm³/mol. The molecule has 8 heteroatoms. The van der Waals surface area contributed by atoms with Gasteiger partial charge in [0.05, 0.1) is 0 Å². The van der Waals surface area contributed by atoms with Gasteiger partial charge in [0.15, 0.2) is 5.69 Å². The van der Waals surface area contributed by atoms with Crippen molar-refractivity contribution >= 4 is 17.8 Å². The van der Waals surface area contributed by atoms with Gasteiger partial charge < -0.3 is 20.6 Å². The van der Waals surface area contributed by atoms with Crippen molar-refractivity contribution in [3.8, 4) is 5.75 Å². The van der Waals surface area contributed by atoms with Gasteiger partial charge in [0.1, 0.15) is 11.8 Å². The maximum Gasteiger partial charge on any atom is 0.326 e. The molecule has 1 amide bonds. The molecule has 0 bridgehead atoms. The fourth-order valence-electron chi connectivity index (χ4n) is 1.32. The quantitative estimate of drug-likeness (QED) is 0.562. The van der Waals surface area contributed by atoms with Crippen molar-refractivity contribution in [3.63, 3.8) is 0 Å². The second-order valence-corrected chi connectivity index (χ2v) is 3.67. The Morgan fingerprint density at radius 2 is 2.00 bits per heavy atom. The van der Waals surface area contributed by atoms with Gasteiger partial charge in [-0.3, -0.25) is 9.59 Å². The minimum atomic E-state index is -1.36. The van der Waals surface area contributed by atoms with E-state index in [-0.39, 0.29) is 17.9 Å². The summed E-state index contributed by atoms with van der Waals surface area (Å²) in [5.41, 5.74) is -0.316. The minimum absolute atomic E-state index is 0.260. The second kappa shape index (κ2) is 6.34. The van der Waals surface area contributed by atoms with Crippen LogP contribution in [-0.2, 0) is 9.59 Å². The van der Waals surface area contributed by atoms with Gasteiger partial charge in [-0.25, -0.2) is 9.78 Å². The number of amides is 1. The highest BCUT2D eigenvalue weighted by Gasteiger charge is 2.23. The van der Waals surface area contributed by atoms with Crippen molar-refractivity contribution in [1.29, 1.82) is 0 Å². The van der Waals surface area contributed by atoms with Crippen LogP contribution in [0.2, 0.25) is 0 Å². The van der Waals surface area contributed by atoms with Crippen LogP contribution in [-0.4, -0.2) is 44.2 Å². The summed E-state index contributed by atoms with van der Waals surface area (Å²) < 4.78 is 0. The van der Waals surface area contributed by atoms with Gasteiger partial charge in [0.2, 0.25) is 0 Å². The predicted octanol–water partition coefficient (Wildman–Crippen LogP) is -0.165. The third kappa shape index (κ3) is 4.26. The molecule has 0 aliphatic heterocycles. The lowest BCUT2D eigenvalue weighted by Crippen LogP contribution is -2.41. The summed E-state index contributed by atoms with van der Waals surface area (Å²) in [6, 6.07) is 1.28. The van der Waals surface area contributed by atoms with Crippen LogP contribution in [0.4, 0.5) is 0 Å². The zero-order valence-electron chi connectivity index (χ0n) is 9.74. The van der Waals surface area contributed by atoms with E-state index in [1.807, 2.05) is 0 Å². The van der Waals surface area contributed by atoms with E-state index < -0.39 is 30.3 Å². The van der Waals surface area contributed by atoms with E-state index in [4.69, 9.17) is 10.2 Å². The summed E-state index contributed by atoms with van der Waals surface area (Å²) in [7, 11) is 0. The van der Waals surface area contributed by atoms with Gasteiger partial charge in [0.25, 0.3) is 5.91 Å². The SMILES string of the molecule is O=C(O)CC[C@@H](NC(=O)c1ncccc1O)C(=O)O. The molecule has 0 radical (unpaired) electrons. The molecule has 0 unspecified atom stereocenters. The molecular formula is C11H12N2O6. The van der Waals surface area contributed by atoms with Crippen LogP contribution in [0.15, 0.2) is 18.3 Å². The van der Waals surface area contributed by atoms with Gasteiger partial charge in [-0.15, -0.1) is 0 Å². The zero-order chi connectivity index (χ0) is 14.4. The largest absolute Gasteiger partial charge is 0.505 e. The summed E-state index contributed by atoms with van der Waals surface area (Å²) in [5, 5.41) is 28.8. The molecule has 19 heavy (non-hydrogen) atoms. The number of rotatable bonds is 6. The fraction of sp³-hybridized carbons (Fsp3) is 0.273. The maximum absolute atomic E-state index is 11.7. The van der Waals surface area contributed by atoms with Crippen LogP contribution in [0, 0.1) is 0 Å². The minimum Gasteiger partial charge on any atom is -0.505 e. The van der Waals surface area contributed by atoms with Gasteiger partial charge in [-0.1, -0.05) is 0 Å². The molecule has 0 aromatic carbocycles. The maximum atomic E-state index is 11.7. The molecule has 0 aliphatic carbocycles. The molecule has 0 spiro atoms. The molecule has 0 aliphatic rings. The molecule has 1 aromatic rings. The molecule has 1 rings (SSSR count). The van der Waals surface area contributed by atoms with Gasteiger partial charge in [-0.05, 0) is 18.6 Å². The molecule has 1 aromatic heterocycles. The lowest BCUT2D eigenvalue weighted by Gasteiger charge is -2.13. The topological polar surface area (TPSA) is 137 Å². The van der Waals surface area contributed by atoms with Crippen molar-refractivity contribution in [2.24, 2.45) is 0 Å². The number of pyridine rings is 1. The number of aliphatic carboxylic acids is 2. The van der Waals surface area contributed by atoms with E-state index in [0.29, 0.717) is 0 Å². The summed E-state index contributed by atoms with van der Waals surface area (Å²) >= 11 is 0. The third-order valence-electron chi connectivity index (χ3n) is 2.25. The van der Waals surface area contributed by atoms with Crippen LogP contribution < -0.4 is 5.32 Å². The number of carboxylic acids is 2. The van der Waals surface area contributed by atoms with E-state index in [1.165, 1.54) is 18.3 Å². The van der Waals surface area contributed by atoms with Crippen molar-refractivity contribution in [2.45, 2.75) is 18.9 Å². The Morgan fingerprint density at radius 3 is 2.53 bits per heavy atom. The summed E-state index contributed by atoms with van der Waals surface area (Å²) in [6.45, 7) is 0. The first-order chi connectivity index (χ1) is 8.91. The van der Waals surface area contributed by atoms with Crippen LogP contribution in [0.3, 0.4) is 0 Å². The number of carbonyl (C=O) groups is 3. The number of aromatic nitrogens is 1. The van der Waals surface area contributed by atoms with Crippen LogP contribution in [0.25, 0.3) is 0 Å². The number of hydrogen-bond donors (Lipinski definition) is 4. The highest BCUT2D eigenvalue weighted by Crippen LogP contribution is 2.12. The standard InChI is InChI=1S/C11H12N2O6/c14-7-2-1-5-12-9(7)10(17)13-6(11(18)19)3-4-8(15)16/h1-2,5-6,14H,3-4H2,(H,13,17)(H,15,16)(H,18,19)/t6-/m1/s1. The monoisotopic (exact) mass is 268 g/mol. The summed E-state index contributed by atoms with van der Waals surface area (Å²) in [4.78, 5) is 36.5. The Bertz CT molecular complexity index is 502. The van der Waals surface area contributed by atoms with Crippen molar-refractivity contribution in [3.05, 3.63) is 24.0 Å². The molecule has 0 saturated heterocycles. The Hall–Kier alpha value is -2.64. The number of nitrogens with one attached hydrogen (secondary N) is 1. The number of aromatic hydroxyl groups is 1. The average molecular weight is 268 g/mol. The smallest absolute Gasteiger partial charge is 0.326 e. The van der Waals surface area contributed by atoms with Crippen LogP contribution in [0.1, 0.15) is 23.3 Å². The highest BCUT2D eigenvalue weighted by atomic mass is 16.4.